The predicted molar refractivity (Wildman–Crippen MR) is 52.0 cm³/mol. The van der Waals surface area contributed by atoms with E-state index in [1.54, 1.807) is 7.11 Å². The van der Waals surface area contributed by atoms with Gasteiger partial charge < -0.3 is 15.8 Å². The number of allylic oxidation sites excluding steroid dienone is 1. The number of amides is 1. The Labute approximate surface area is 82.8 Å². The van der Waals surface area contributed by atoms with Gasteiger partial charge in [0.05, 0.1) is 18.2 Å². The predicted octanol–water partition coefficient (Wildman–Crippen LogP) is 0.269. The fraction of sp³-hybridized carbons (Fsp3) is 0.500. The molecule has 0 atom stereocenters. The van der Waals surface area contributed by atoms with Crippen molar-refractivity contribution >= 4 is 5.91 Å². The molecule has 0 bridgehead atoms. The molecule has 0 radical (unpaired) electrons. The van der Waals surface area contributed by atoms with Gasteiger partial charge in [-0.3, -0.25) is 4.79 Å². The van der Waals surface area contributed by atoms with Crippen molar-refractivity contribution in [3.63, 3.8) is 0 Å². The van der Waals surface area contributed by atoms with E-state index in [0.717, 1.165) is 30.8 Å². The number of primary amides is 1. The van der Waals surface area contributed by atoms with Gasteiger partial charge in [-0.25, -0.2) is 0 Å². The number of nitrogens with one attached hydrogen (secondary N) is 1. The van der Waals surface area contributed by atoms with Crippen LogP contribution >= 0.6 is 0 Å². The second-order valence-electron chi connectivity index (χ2n) is 3.67. The molecule has 14 heavy (non-hydrogen) atoms. The van der Waals surface area contributed by atoms with Gasteiger partial charge in [-0.2, -0.15) is 0 Å². The molecule has 2 aliphatic rings. The van der Waals surface area contributed by atoms with Crippen LogP contribution < -0.4 is 11.1 Å². The molecule has 76 valence electrons. The zero-order valence-corrected chi connectivity index (χ0v) is 8.17. The van der Waals surface area contributed by atoms with Crippen molar-refractivity contribution in [3.8, 4) is 0 Å². The smallest absolute Gasteiger partial charge is 0.229 e. The molecule has 3 N–H and O–H groups in total. The number of carbonyl (C=O) groups excluding carboxylic acids is 1. The molecular weight excluding hydrogens is 180 g/mol. The van der Waals surface area contributed by atoms with Crippen LogP contribution in [0.3, 0.4) is 0 Å². The van der Waals surface area contributed by atoms with E-state index in [1.807, 2.05) is 12.2 Å². The highest BCUT2D eigenvalue weighted by molar-refractivity contribution is 5.87. The number of ether oxygens (including phenoxy) is 1. The summed E-state index contributed by atoms with van der Waals surface area (Å²) >= 11 is 0. The highest BCUT2D eigenvalue weighted by Crippen LogP contribution is 2.52. The van der Waals surface area contributed by atoms with E-state index in [4.69, 9.17) is 10.5 Å². The summed E-state index contributed by atoms with van der Waals surface area (Å²) in [5, 5.41) is 3.17. The van der Waals surface area contributed by atoms with E-state index >= 15 is 0 Å². The molecule has 0 spiro atoms. The fourth-order valence-electron chi connectivity index (χ4n) is 1.82. The first kappa shape index (κ1) is 9.12. The second-order valence-corrected chi connectivity index (χ2v) is 3.67. The third-order valence-corrected chi connectivity index (χ3v) is 2.83. The Hall–Kier alpha value is -1.45. The third-order valence-electron chi connectivity index (χ3n) is 2.83. The maximum Gasteiger partial charge on any atom is 0.229 e. The lowest BCUT2D eigenvalue weighted by Crippen LogP contribution is -2.35. The summed E-state index contributed by atoms with van der Waals surface area (Å²) in [4.78, 5) is 11.3. The summed E-state index contributed by atoms with van der Waals surface area (Å²) in [5.41, 5.74) is 5.77. The quantitative estimate of drug-likeness (QED) is 0.677. The number of hydrogen-bond donors (Lipinski definition) is 2. The Morgan fingerprint density at radius 1 is 1.64 bits per heavy atom. The van der Waals surface area contributed by atoms with Crippen LogP contribution in [0.25, 0.3) is 0 Å². The third kappa shape index (κ3) is 1.18. The van der Waals surface area contributed by atoms with Crippen LogP contribution in [0.5, 0.6) is 0 Å². The van der Waals surface area contributed by atoms with Crippen molar-refractivity contribution in [2.24, 2.45) is 11.1 Å². The Morgan fingerprint density at radius 2 is 2.36 bits per heavy atom. The van der Waals surface area contributed by atoms with E-state index < -0.39 is 5.41 Å². The highest BCUT2D eigenvalue weighted by atomic mass is 16.5. The topological polar surface area (TPSA) is 64.3 Å². The summed E-state index contributed by atoms with van der Waals surface area (Å²) in [6.45, 7) is 0.733. The second kappa shape index (κ2) is 3.04. The van der Waals surface area contributed by atoms with Gasteiger partial charge in [-0.1, -0.05) is 6.08 Å². The zero-order valence-electron chi connectivity index (χ0n) is 8.17. The van der Waals surface area contributed by atoms with Gasteiger partial charge in [-0.15, -0.1) is 0 Å². The first-order chi connectivity index (χ1) is 6.70. The minimum absolute atomic E-state index is 0.259. The molecule has 0 aromatic rings. The van der Waals surface area contributed by atoms with Crippen molar-refractivity contribution in [2.45, 2.75) is 12.8 Å². The molecule has 4 heteroatoms. The molecule has 1 saturated carbocycles. The summed E-state index contributed by atoms with van der Waals surface area (Å²) in [6, 6.07) is 0. The molecule has 0 saturated heterocycles. The SMILES string of the molecule is COC1=C(C2(C(N)=O)CC2)NCC=C1. The monoisotopic (exact) mass is 194 g/mol. The molecule has 1 fully saturated rings. The average molecular weight is 194 g/mol. The van der Waals surface area contributed by atoms with E-state index in [1.165, 1.54) is 0 Å². The molecule has 1 amide bonds. The van der Waals surface area contributed by atoms with Crippen LogP contribution in [0.2, 0.25) is 0 Å². The number of hydrogen-bond acceptors (Lipinski definition) is 3. The summed E-state index contributed by atoms with van der Waals surface area (Å²) in [7, 11) is 1.60. The van der Waals surface area contributed by atoms with Crippen LogP contribution in [0.15, 0.2) is 23.6 Å². The van der Waals surface area contributed by atoms with Gasteiger partial charge in [0, 0.05) is 6.54 Å². The molecule has 0 aromatic carbocycles. The molecular formula is C10H14N2O2. The van der Waals surface area contributed by atoms with Gasteiger partial charge in [-0.05, 0) is 18.9 Å². The number of nitrogens with two attached hydrogens (primary N) is 1. The maximum atomic E-state index is 11.3. The summed E-state index contributed by atoms with van der Waals surface area (Å²) in [5.74, 6) is 0.470. The Bertz CT molecular complexity index is 327. The van der Waals surface area contributed by atoms with Gasteiger partial charge in [0.2, 0.25) is 5.91 Å². The highest BCUT2D eigenvalue weighted by Gasteiger charge is 2.53. The first-order valence-electron chi connectivity index (χ1n) is 4.70. The minimum atomic E-state index is -0.476. The van der Waals surface area contributed by atoms with Crippen LogP contribution in [0.1, 0.15) is 12.8 Å². The Balaban J connectivity index is 2.36. The number of rotatable bonds is 3. The number of dihydropyridines is 1. The molecule has 0 aromatic heterocycles. The number of methoxy groups -OCH3 is 1. The van der Waals surface area contributed by atoms with E-state index in [2.05, 4.69) is 5.32 Å². The molecule has 1 heterocycles. The van der Waals surface area contributed by atoms with Crippen LogP contribution in [-0.4, -0.2) is 19.6 Å². The molecule has 1 aliphatic heterocycles. The molecule has 0 unspecified atom stereocenters. The Morgan fingerprint density at radius 3 is 2.86 bits per heavy atom. The lowest BCUT2D eigenvalue weighted by Gasteiger charge is -2.22. The molecule has 1 aliphatic carbocycles. The van der Waals surface area contributed by atoms with Crippen LogP contribution in [0, 0.1) is 5.41 Å². The number of carbonyl (C=O) groups is 1. The summed E-state index contributed by atoms with van der Waals surface area (Å²) in [6.07, 6.45) is 5.49. The van der Waals surface area contributed by atoms with Gasteiger partial charge in [0.1, 0.15) is 5.76 Å². The van der Waals surface area contributed by atoms with Gasteiger partial charge in [0.15, 0.2) is 0 Å². The van der Waals surface area contributed by atoms with Gasteiger partial charge >= 0.3 is 0 Å². The maximum absolute atomic E-state index is 11.3. The van der Waals surface area contributed by atoms with Crippen molar-refractivity contribution in [2.75, 3.05) is 13.7 Å². The standard InChI is InChI=1S/C10H14N2O2/c1-14-7-3-2-6-12-8(7)10(4-5-10)9(11)13/h2-3,12H,4-6H2,1H3,(H2,11,13). The van der Waals surface area contributed by atoms with Crippen LogP contribution in [0.4, 0.5) is 0 Å². The van der Waals surface area contributed by atoms with Crippen LogP contribution in [-0.2, 0) is 9.53 Å². The normalized spacial score (nSPS) is 22.9. The lowest BCUT2D eigenvalue weighted by molar-refractivity contribution is -0.122. The Kier molecular flexibility index (Phi) is 1.98. The molecule has 2 rings (SSSR count). The summed E-state index contributed by atoms with van der Waals surface area (Å²) < 4.78 is 5.20. The van der Waals surface area contributed by atoms with Gasteiger partial charge in [0.25, 0.3) is 0 Å². The fourth-order valence-corrected chi connectivity index (χ4v) is 1.82. The average Bonchev–Trinajstić information content (AvgIpc) is 2.98. The first-order valence-corrected chi connectivity index (χ1v) is 4.70. The van der Waals surface area contributed by atoms with E-state index in [9.17, 15) is 4.79 Å². The largest absolute Gasteiger partial charge is 0.495 e. The van der Waals surface area contributed by atoms with E-state index in [-0.39, 0.29) is 5.91 Å². The zero-order chi connectivity index (χ0) is 10.2. The molecule has 4 nitrogen and oxygen atoms in total. The van der Waals surface area contributed by atoms with Crippen molar-refractivity contribution < 1.29 is 9.53 Å². The van der Waals surface area contributed by atoms with Crippen molar-refractivity contribution in [1.82, 2.24) is 5.32 Å². The van der Waals surface area contributed by atoms with Crippen molar-refractivity contribution in [3.05, 3.63) is 23.6 Å². The van der Waals surface area contributed by atoms with Crippen molar-refractivity contribution in [1.29, 1.82) is 0 Å². The lowest BCUT2D eigenvalue weighted by atomic mass is 9.98. The van der Waals surface area contributed by atoms with E-state index in [0.29, 0.717) is 0 Å². The minimum Gasteiger partial charge on any atom is -0.495 e.